The number of sulfonamides is 1. The van der Waals surface area contributed by atoms with E-state index < -0.39 is 10.0 Å². The van der Waals surface area contributed by atoms with Crippen molar-refractivity contribution in [3.05, 3.63) is 36.4 Å². The minimum atomic E-state index is -3.56. The van der Waals surface area contributed by atoms with Gasteiger partial charge in [0, 0.05) is 10.8 Å². The standard InChI is InChI=1S/C17H22N2O4S/c1-22-16-6-7-17(15-5-3-2-4-14(15)16)24(20,21)18-8-9-19-10-12-23-13-11-19/h2-7,18H,8-13H2,1H3/p+1. The molecular formula is C17H23N2O4S+. The Morgan fingerprint density at radius 3 is 2.54 bits per heavy atom. The fourth-order valence-electron chi connectivity index (χ4n) is 3.01. The first kappa shape index (κ1) is 17.2. The van der Waals surface area contributed by atoms with Gasteiger partial charge in [-0.25, -0.2) is 13.1 Å². The molecule has 3 rings (SSSR count). The number of morpholine rings is 1. The fourth-order valence-corrected chi connectivity index (χ4v) is 4.25. The van der Waals surface area contributed by atoms with Gasteiger partial charge < -0.3 is 14.4 Å². The number of hydrogen-bond acceptors (Lipinski definition) is 4. The van der Waals surface area contributed by atoms with E-state index in [9.17, 15) is 8.42 Å². The highest BCUT2D eigenvalue weighted by Crippen LogP contribution is 2.30. The average Bonchev–Trinajstić information content (AvgIpc) is 2.61. The van der Waals surface area contributed by atoms with Crippen molar-refractivity contribution < 1.29 is 22.8 Å². The molecule has 1 heterocycles. The molecule has 1 saturated heterocycles. The molecule has 0 amide bonds. The predicted molar refractivity (Wildman–Crippen MR) is 92.1 cm³/mol. The van der Waals surface area contributed by atoms with E-state index >= 15 is 0 Å². The van der Waals surface area contributed by atoms with Gasteiger partial charge in [0.25, 0.3) is 0 Å². The Hall–Kier alpha value is -1.67. The predicted octanol–water partition coefficient (Wildman–Crippen LogP) is 0.0418. The second-order valence-corrected chi connectivity index (χ2v) is 7.56. The summed E-state index contributed by atoms with van der Waals surface area (Å²) in [7, 11) is -1.98. The van der Waals surface area contributed by atoms with E-state index in [0.717, 1.165) is 38.2 Å². The number of hydrogen-bond donors (Lipinski definition) is 2. The summed E-state index contributed by atoms with van der Waals surface area (Å²) in [5, 5.41) is 1.46. The van der Waals surface area contributed by atoms with Crippen LogP contribution in [0.5, 0.6) is 5.75 Å². The molecule has 0 aliphatic carbocycles. The number of rotatable bonds is 6. The summed E-state index contributed by atoms with van der Waals surface area (Å²) in [5.74, 6) is 0.669. The number of benzene rings is 2. The van der Waals surface area contributed by atoms with Crippen LogP contribution in [0, 0.1) is 0 Å². The number of quaternary nitrogens is 1. The Bertz CT molecular complexity index is 801. The van der Waals surface area contributed by atoms with E-state index in [1.807, 2.05) is 18.2 Å². The van der Waals surface area contributed by atoms with Crippen LogP contribution >= 0.6 is 0 Å². The van der Waals surface area contributed by atoms with Gasteiger partial charge in [-0.2, -0.15) is 0 Å². The SMILES string of the molecule is COc1ccc(S(=O)(=O)NCC[NH+]2CCOCC2)c2ccccc12. The average molecular weight is 351 g/mol. The molecule has 24 heavy (non-hydrogen) atoms. The van der Waals surface area contributed by atoms with Gasteiger partial charge >= 0.3 is 0 Å². The van der Waals surface area contributed by atoms with Gasteiger partial charge in [0.1, 0.15) is 18.8 Å². The summed E-state index contributed by atoms with van der Waals surface area (Å²) in [6.45, 7) is 4.51. The first-order valence-corrected chi connectivity index (χ1v) is 9.57. The molecule has 130 valence electrons. The highest BCUT2D eigenvalue weighted by atomic mass is 32.2. The van der Waals surface area contributed by atoms with Crippen LogP contribution in [0.1, 0.15) is 0 Å². The van der Waals surface area contributed by atoms with Crippen molar-refractivity contribution in [2.24, 2.45) is 0 Å². The first-order chi connectivity index (χ1) is 11.6. The van der Waals surface area contributed by atoms with Crippen LogP contribution in [0.4, 0.5) is 0 Å². The first-order valence-electron chi connectivity index (χ1n) is 8.08. The zero-order valence-electron chi connectivity index (χ0n) is 13.7. The van der Waals surface area contributed by atoms with Crippen LogP contribution in [0.15, 0.2) is 41.3 Å². The van der Waals surface area contributed by atoms with E-state index in [4.69, 9.17) is 9.47 Å². The minimum Gasteiger partial charge on any atom is -0.496 e. The van der Waals surface area contributed by atoms with Crippen molar-refractivity contribution in [1.29, 1.82) is 0 Å². The van der Waals surface area contributed by atoms with Gasteiger partial charge in [-0.1, -0.05) is 24.3 Å². The summed E-state index contributed by atoms with van der Waals surface area (Å²) in [6, 6.07) is 10.7. The molecule has 1 fully saturated rings. The maximum atomic E-state index is 12.7. The molecule has 0 radical (unpaired) electrons. The van der Waals surface area contributed by atoms with Crippen LogP contribution in [-0.2, 0) is 14.8 Å². The maximum Gasteiger partial charge on any atom is 0.241 e. The summed E-state index contributed by atoms with van der Waals surface area (Å²) in [5.41, 5.74) is 0. The molecule has 1 aliphatic rings. The summed E-state index contributed by atoms with van der Waals surface area (Å²) < 4.78 is 38.8. The van der Waals surface area contributed by atoms with E-state index in [1.54, 1.807) is 25.3 Å². The van der Waals surface area contributed by atoms with Gasteiger partial charge in [-0.15, -0.1) is 0 Å². The molecule has 7 heteroatoms. The molecule has 2 aromatic carbocycles. The molecule has 0 bridgehead atoms. The van der Waals surface area contributed by atoms with Gasteiger partial charge in [0.2, 0.25) is 10.0 Å². The molecule has 0 saturated carbocycles. The second kappa shape index (κ2) is 7.48. The van der Waals surface area contributed by atoms with Gasteiger partial charge in [-0.3, -0.25) is 0 Å². The van der Waals surface area contributed by atoms with Crippen molar-refractivity contribution in [3.8, 4) is 5.75 Å². The summed E-state index contributed by atoms with van der Waals surface area (Å²) >= 11 is 0. The van der Waals surface area contributed by atoms with Crippen LogP contribution in [-0.4, -0.2) is 54.9 Å². The lowest BCUT2D eigenvalue weighted by Gasteiger charge is -2.23. The topological polar surface area (TPSA) is 69.1 Å². The number of ether oxygens (including phenoxy) is 2. The summed E-state index contributed by atoms with van der Waals surface area (Å²) in [4.78, 5) is 1.65. The van der Waals surface area contributed by atoms with Crippen molar-refractivity contribution in [1.82, 2.24) is 4.72 Å². The van der Waals surface area contributed by atoms with Gasteiger partial charge in [0.05, 0.1) is 38.3 Å². The Labute approximate surface area is 142 Å². The van der Waals surface area contributed by atoms with Crippen LogP contribution in [0.25, 0.3) is 10.8 Å². The van der Waals surface area contributed by atoms with Crippen molar-refractivity contribution in [3.63, 3.8) is 0 Å². The summed E-state index contributed by atoms with van der Waals surface area (Å²) in [6.07, 6.45) is 0. The van der Waals surface area contributed by atoms with Gasteiger partial charge in [0.15, 0.2) is 0 Å². The third kappa shape index (κ3) is 3.70. The molecule has 6 nitrogen and oxygen atoms in total. The molecule has 0 aromatic heterocycles. The lowest BCUT2D eigenvalue weighted by Crippen LogP contribution is -3.14. The van der Waals surface area contributed by atoms with E-state index in [1.165, 1.54) is 4.90 Å². The molecule has 0 unspecified atom stereocenters. The number of fused-ring (bicyclic) bond motifs is 1. The molecule has 2 aromatic rings. The number of methoxy groups -OCH3 is 1. The minimum absolute atomic E-state index is 0.288. The molecule has 2 N–H and O–H groups in total. The molecule has 0 spiro atoms. The Morgan fingerprint density at radius 1 is 1.12 bits per heavy atom. The largest absolute Gasteiger partial charge is 0.496 e. The van der Waals surface area contributed by atoms with E-state index in [-0.39, 0.29) is 4.90 Å². The Morgan fingerprint density at radius 2 is 1.83 bits per heavy atom. The highest BCUT2D eigenvalue weighted by molar-refractivity contribution is 7.89. The van der Waals surface area contributed by atoms with Crippen molar-refractivity contribution >= 4 is 20.8 Å². The fraction of sp³-hybridized carbons (Fsp3) is 0.412. The third-order valence-electron chi connectivity index (χ3n) is 4.32. The quantitative estimate of drug-likeness (QED) is 0.771. The molecule has 0 atom stereocenters. The second-order valence-electron chi connectivity index (χ2n) is 5.82. The molecule has 1 aliphatic heterocycles. The highest BCUT2D eigenvalue weighted by Gasteiger charge is 2.20. The number of nitrogens with one attached hydrogen (secondary N) is 2. The van der Waals surface area contributed by atoms with E-state index in [2.05, 4.69) is 4.72 Å². The maximum absolute atomic E-state index is 12.7. The van der Waals surface area contributed by atoms with Gasteiger partial charge in [-0.05, 0) is 12.1 Å². The smallest absolute Gasteiger partial charge is 0.241 e. The van der Waals surface area contributed by atoms with Crippen molar-refractivity contribution in [2.75, 3.05) is 46.5 Å². The van der Waals surface area contributed by atoms with Crippen LogP contribution < -0.4 is 14.4 Å². The lowest BCUT2D eigenvalue weighted by molar-refractivity contribution is -0.906. The zero-order valence-corrected chi connectivity index (χ0v) is 14.6. The Balaban J connectivity index is 1.78. The monoisotopic (exact) mass is 351 g/mol. The lowest BCUT2D eigenvalue weighted by atomic mass is 10.1. The van der Waals surface area contributed by atoms with Crippen LogP contribution in [0.3, 0.4) is 0 Å². The normalized spacial score (nSPS) is 16.4. The zero-order chi connectivity index (χ0) is 17.0. The Kier molecular flexibility index (Phi) is 5.35. The van der Waals surface area contributed by atoms with Crippen LogP contribution in [0.2, 0.25) is 0 Å². The third-order valence-corrected chi connectivity index (χ3v) is 5.84. The van der Waals surface area contributed by atoms with E-state index in [0.29, 0.717) is 17.7 Å². The van der Waals surface area contributed by atoms with Crippen molar-refractivity contribution in [2.45, 2.75) is 4.90 Å². The molecular weight excluding hydrogens is 328 g/mol.